The number of nitrogens with zero attached hydrogens (tertiary/aromatic N) is 1. The van der Waals surface area contributed by atoms with E-state index in [1.54, 1.807) is 0 Å². The molecular weight excluding hydrogens is 324 g/mol. The highest BCUT2D eigenvalue weighted by Gasteiger charge is 2.08. The van der Waals surface area contributed by atoms with Crippen molar-refractivity contribution in [1.29, 1.82) is 0 Å². The van der Waals surface area contributed by atoms with Gasteiger partial charge >= 0.3 is 6.03 Å². The second kappa shape index (κ2) is 6.72. The number of rotatable bonds is 3. The van der Waals surface area contributed by atoms with E-state index >= 15 is 0 Å². The van der Waals surface area contributed by atoms with Crippen LogP contribution in [0.15, 0.2) is 72.8 Å². The molecule has 0 saturated carbocycles. The van der Waals surface area contributed by atoms with Crippen molar-refractivity contribution in [2.24, 2.45) is 0 Å². The van der Waals surface area contributed by atoms with Crippen LogP contribution in [0.4, 0.5) is 16.2 Å². The molecule has 5 heteroatoms. The number of nitrogens with one attached hydrogen (secondary N) is 3. The average molecular weight is 342 g/mol. The quantitative estimate of drug-likeness (QED) is 0.480. The fourth-order valence-corrected chi connectivity index (χ4v) is 2.83. The number of carbonyl (C=O) groups is 1. The van der Waals surface area contributed by atoms with Crippen LogP contribution in [0.2, 0.25) is 0 Å². The van der Waals surface area contributed by atoms with Crippen molar-refractivity contribution in [2.45, 2.75) is 6.92 Å². The summed E-state index contributed by atoms with van der Waals surface area (Å²) in [5, 5.41) is 5.74. The Bertz CT molecular complexity index is 1050. The van der Waals surface area contributed by atoms with Gasteiger partial charge in [0.1, 0.15) is 5.82 Å². The van der Waals surface area contributed by atoms with Gasteiger partial charge in [0.15, 0.2) is 0 Å². The van der Waals surface area contributed by atoms with E-state index < -0.39 is 0 Å². The van der Waals surface area contributed by atoms with E-state index in [4.69, 9.17) is 0 Å². The fraction of sp³-hybridized carbons (Fsp3) is 0.0476. The number of fused-ring (bicyclic) bond motifs is 1. The van der Waals surface area contributed by atoms with Gasteiger partial charge in [0, 0.05) is 16.9 Å². The lowest BCUT2D eigenvalue weighted by molar-refractivity contribution is 0.262. The SMILES string of the molecule is Cc1ccccc1NC(=O)Nc1cccc(-c2nc3ccccc3[nH]2)c1. The van der Waals surface area contributed by atoms with Gasteiger partial charge in [0.05, 0.1) is 11.0 Å². The van der Waals surface area contributed by atoms with Crippen LogP contribution in [0.25, 0.3) is 22.4 Å². The molecule has 0 aliphatic heterocycles. The summed E-state index contributed by atoms with van der Waals surface area (Å²) < 4.78 is 0. The molecule has 4 rings (SSSR count). The number of H-pyrrole nitrogens is 1. The van der Waals surface area contributed by atoms with Crippen molar-refractivity contribution in [3.05, 3.63) is 78.4 Å². The Balaban J connectivity index is 1.54. The Morgan fingerprint density at radius 3 is 2.58 bits per heavy atom. The summed E-state index contributed by atoms with van der Waals surface area (Å²) in [5.74, 6) is 0.772. The number of aromatic nitrogens is 2. The number of anilines is 2. The molecule has 2 amide bonds. The standard InChI is InChI=1S/C21H18N4O/c1-14-7-2-3-10-17(14)25-21(26)22-16-9-6-8-15(13-16)20-23-18-11-4-5-12-19(18)24-20/h2-13H,1H3,(H,23,24)(H2,22,25,26). The normalized spacial score (nSPS) is 10.7. The summed E-state index contributed by atoms with van der Waals surface area (Å²) >= 11 is 0. The van der Waals surface area contributed by atoms with Gasteiger partial charge in [-0.2, -0.15) is 0 Å². The zero-order chi connectivity index (χ0) is 17.9. The predicted octanol–water partition coefficient (Wildman–Crippen LogP) is 5.18. The van der Waals surface area contributed by atoms with E-state index in [0.717, 1.165) is 33.7 Å². The molecule has 0 bridgehead atoms. The van der Waals surface area contributed by atoms with Crippen molar-refractivity contribution < 1.29 is 4.79 Å². The molecule has 26 heavy (non-hydrogen) atoms. The molecule has 1 heterocycles. The number of imidazole rings is 1. The highest BCUT2D eigenvalue weighted by molar-refractivity contribution is 6.00. The Hall–Kier alpha value is -3.60. The number of urea groups is 1. The number of hydrogen-bond acceptors (Lipinski definition) is 2. The Labute approximate surface area is 151 Å². The molecule has 128 valence electrons. The Morgan fingerprint density at radius 1 is 0.923 bits per heavy atom. The van der Waals surface area contributed by atoms with E-state index in [1.807, 2.05) is 79.7 Å². The summed E-state index contributed by atoms with van der Waals surface area (Å²) in [5.41, 5.74) is 5.32. The summed E-state index contributed by atoms with van der Waals surface area (Å²) in [4.78, 5) is 20.2. The van der Waals surface area contributed by atoms with Crippen molar-refractivity contribution in [3.63, 3.8) is 0 Å². The second-order valence-electron chi connectivity index (χ2n) is 6.08. The maximum absolute atomic E-state index is 12.3. The largest absolute Gasteiger partial charge is 0.338 e. The molecule has 0 saturated heterocycles. The molecule has 0 radical (unpaired) electrons. The van der Waals surface area contributed by atoms with Crippen LogP contribution < -0.4 is 10.6 Å². The molecule has 4 aromatic rings. The van der Waals surface area contributed by atoms with Crippen LogP contribution in [0.3, 0.4) is 0 Å². The number of amides is 2. The first-order chi connectivity index (χ1) is 12.7. The summed E-state index contributed by atoms with van der Waals surface area (Å²) in [6.45, 7) is 1.96. The highest BCUT2D eigenvalue weighted by atomic mass is 16.2. The highest BCUT2D eigenvalue weighted by Crippen LogP contribution is 2.23. The van der Waals surface area contributed by atoms with Crippen LogP contribution in [-0.2, 0) is 0 Å². The number of hydrogen-bond donors (Lipinski definition) is 3. The van der Waals surface area contributed by atoms with Crippen LogP contribution in [0.1, 0.15) is 5.56 Å². The molecule has 1 aromatic heterocycles. The topological polar surface area (TPSA) is 69.8 Å². The molecular formula is C21H18N4O. The van der Waals surface area contributed by atoms with Gasteiger partial charge in [-0.3, -0.25) is 0 Å². The number of aromatic amines is 1. The Morgan fingerprint density at radius 2 is 1.73 bits per heavy atom. The van der Waals surface area contributed by atoms with Gasteiger partial charge < -0.3 is 15.6 Å². The van der Waals surface area contributed by atoms with Crippen molar-refractivity contribution >= 4 is 28.4 Å². The fourth-order valence-electron chi connectivity index (χ4n) is 2.83. The third kappa shape index (κ3) is 3.28. The molecule has 0 fully saturated rings. The van der Waals surface area contributed by atoms with E-state index in [1.165, 1.54) is 0 Å². The molecule has 0 aliphatic rings. The molecule has 0 spiro atoms. The van der Waals surface area contributed by atoms with Gasteiger partial charge in [-0.1, -0.05) is 42.5 Å². The first kappa shape index (κ1) is 15.9. The van der Waals surface area contributed by atoms with Gasteiger partial charge in [0.2, 0.25) is 0 Å². The van der Waals surface area contributed by atoms with Crippen molar-refractivity contribution in [2.75, 3.05) is 10.6 Å². The van der Waals surface area contributed by atoms with Gasteiger partial charge in [-0.25, -0.2) is 9.78 Å². The first-order valence-corrected chi connectivity index (χ1v) is 8.38. The molecule has 3 N–H and O–H groups in total. The van der Waals surface area contributed by atoms with E-state index in [-0.39, 0.29) is 6.03 Å². The van der Waals surface area contributed by atoms with Gasteiger partial charge in [-0.15, -0.1) is 0 Å². The predicted molar refractivity (Wildman–Crippen MR) is 105 cm³/mol. The average Bonchev–Trinajstić information content (AvgIpc) is 3.08. The minimum atomic E-state index is -0.277. The Kier molecular flexibility index (Phi) is 4.11. The van der Waals surface area contributed by atoms with E-state index in [0.29, 0.717) is 5.69 Å². The third-order valence-corrected chi connectivity index (χ3v) is 4.18. The summed E-state index contributed by atoms with van der Waals surface area (Å²) in [7, 11) is 0. The van der Waals surface area contributed by atoms with Gasteiger partial charge in [0.25, 0.3) is 0 Å². The van der Waals surface area contributed by atoms with Crippen LogP contribution in [-0.4, -0.2) is 16.0 Å². The van der Waals surface area contributed by atoms with Gasteiger partial charge in [-0.05, 0) is 42.8 Å². The first-order valence-electron chi connectivity index (χ1n) is 8.38. The third-order valence-electron chi connectivity index (χ3n) is 4.18. The lowest BCUT2D eigenvalue weighted by atomic mass is 10.2. The van der Waals surface area contributed by atoms with E-state index in [9.17, 15) is 4.79 Å². The maximum atomic E-state index is 12.3. The number of para-hydroxylation sites is 3. The van der Waals surface area contributed by atoms with E-state index in [2.05, 4.69) is 20.6 Å². The maximum Gasteiger partial charge on any atom is 0.323 e. The molecule has 0 atom stereocenters. The van der Waals surface area contributed by atoms with Crippen LogP contribution in [0.5, 0.6) is 0 Å². The molecule has 5 nitrogen and oxygen atoms in total. The minimum absolute atomic E-state index is 0.277. The molecule has 0 aliphatic carbocycles. The summed E-state index contributed by atoms with van der Waals surface area (Å²) in [6.07, 6.45) is 0. The number of benzene rings is 3. The zero-order valence-electron chi connectivity index (χ0n) is 14.3. The summed E-state index contributed by atoms with van der Waals surface area (Å²) in [6, 6.07) is 22.9. The molecule has 3 aromatic carbocycles. The number of carbonyl (C=O) groups excluding carboxylic acids is 1. The zero-order valence-corrected chi connectivity index (χ0v) is 14.3. The number of aryl methyl sites for hydroxylation is 1. The molecule has 0 unspecified atom stereocenters. The smallest absolute Gasteiger partial charge is 0.323 e. The lowest BCUT2D eigenvalue weighted by Crippen LogP contribution is -2.19. The van der Waals surface area contributed by atoms with Crippen LogP contribution in [0, 0.1) is 6.92 Å². The lowest BCUT2D eigenvalue weighted by Gasteiger charge is -2.10. The second-order valence-corrected chi connectivity index (χ2v) is 6.08. The monoisotopic (exact) mass is 342 g/mol. The van der Waals surface area contributed by atoms with Crippen molar-refractivity contribution in [3.8, 4) is 11.4 Å². The minimum Gasteiger partial charge on any atom is -0.338 e. The van der Waals surface area contributed by atoms with Crippen molar-refractivity contribution in [1.82, 2.24) is 9.97 Å². The van der Waals surface area contributed by atoms with Crippen LogP contribution >= 0.6 is 0 Å².